The molecule has 0 aliphatic rings. The van der Waals surface area contributed by atoms with Crippen LogP contribution in [0.3, 0.4) is 0 Å². The van der Waals surface area contributed by atoms with E-state index in [1.807, 2.05) is 19.1 Å². The third-order valence-electron chi connectivity index (χ3n) is 6.38. The molecule has 0 bridgehead atoms. The van der Waals surface area contributed by atoms with Crippen molar-refractivity contribution in [2.75, 3.05) is 7.11 Å². The maximum absolute atomic E-state index is 15.0. The number of hydrogen-bond donors (Lipinski definition) is 0. The number of aryl methyl sites for hydroxylation is 1. The monoisotopic (exact) mass is 458 g/mol. The van der Waals surface area contributed by atoms with Crippen molar-refractivity contribution >= 4 is 13.9 Å². The van der Waals surface area contributed by atoms with Crippen LogP contribution in [-0.2, 0) is 16.0 Å². The predicted octanol–water partition coefficient (Wildman–Crippen LogP) is 8.54. The molecule has 0 radical (unpaired) electrons. The highest BCUT2D eigenvalue weighted by Gasteiger charge is 2.35. The van der Waals surface area contributed by atoms with Crippen molar-refractivity contribution in [3.8, 4) is 5.75 Å². The van der Waals surface area contributed by atoms with Gasteiger partial charge in [0.15, 0.2) is 0 Å². The van der Waals surface area contributed by atoms with Crippen LogP contribution in [0.4, 0.5) is 4.39 Å². The number of hydrogen-bond acceptors (Lipinski definition) is 1. The van der Waals surface area contributed by atoms with Gasteiger partial charge in [0.2, 0.25) is 0 Å². The van der Waals surface area contributed by atoms with E-state index in [9.17, 15) is 4.39 Å². The minimum absolute atomic E-state index is 0.0174. The van der Waals surface area contributed by atoms with Gasteiger partial charge in [-0.3, -0.25) is 0 Å². The molecule has 2 unspecified atom stereocenters. The van der Waals surface area contributed by atoms with E-state index in [0.717, 1.165) is 29.5 Å². The Hall–Kier alpha value is -1.40. The third-order valence-corrected chi connectivity index (χ3v) is 8.12. The SMILES string of the molecule is CCCCCC(C)(Pc1ccc(C)cc1F)c1cc(C(C)(C)C)cc(C(C)(C)C)c1OC. The normalized spacial score (nSPS) is 14.7. The van der Waals surface area contributed by atoms with Gasteiger partial charge in [-0.15, -0.1) is 0 Å². The topological polar surface area (TPSA) is 9.23 Å². The number of rotatable bonds is 8. The summed E-state index contributed by atoms with van der Waals surface area (Å²) in [5, 5.41) is 0.618. The summed E-state index contributed by atoms with van der Waals surface area (Å²) < 4.78 is 21.1. The fraction of sp³-hybridized carbons (Fsp3) is 0.586. The minimum atomic E-state index is -0.197. The maximum Gasteiger partial charge on any atom is 0.130 e. The van der Waals surface area contributed by atoms with Crippen molar-refractivity contribution in [1.82, 2.24) is 0 Å². The third kappa shape index (κ3) is 6.34. The van der Waals surface area contributed by atoms with E-state index in [0.29, 0.717) is 8.58 Å². The zero-order chi connectivity index (χ0) is 24.3. The van der Waals surface area contributed by atoms with Crippen LogP contribution in [0, 0.1) is 12.7 Å². The fourth-order valence-corrected chi connectivity index (χ4v) is 5.84. The molecule has 0 aromatic heterocycles. The highest BCUT2D eigenvalue weighted by molar-refractivity contribution is 7.48. The average molecular weight is 459 g/mol. The summed E-state index contributed by atoms with van der Waals surface area (Å²) in [6.07, 6.45) is 4.50. The van der Waals surface area contributed by atoms with Crippen molar-refractivity contribution in [2.24, 2.45) is 0 Å². The van der Waals surface area contributed by atoms with E-state index in [2.05, 4.69) is 67.5 Å². The Kier molecular flexibility index (Phi) is 8.60. The van der Waals surface area contributed by atoms with Crippen LogP contribution in [-0.4, -0.2) is 7.11 Å². The second-order valence-electron chi connectivity index (χ2n) is 11.5. The molecule has 3 heteroatoms. The van der Waals surface area contributed by atoms with E-state index in [-0.39, 0.29) is 21.8 Å². The summed E-state index contributed by atoms with van der Waals surface area (Å²) in [6, 6.07) is 10.3. The number of halogens is 1. The van der Waals surface area contributed by atoms with E-state index in [1.165, 1.54) is 29.5 Å². The van der Waals surface area contributed by atoms with Crippen molar-refractivity contribution in [3.05, 3.63) is 58.4 Å². The van der Waals surface area contributed by atoms with Crippen LogP contribution in [0.2, 0.25) is 0 Å². The minimum Gasteiger partial charge on any atom is -0.496 e. The van der Waals surface area contributed by atoms with Crippen molar-refractivity contribution in [3.63, 3.8) is 0 Å². The van der Waals surface area contributed by atoms with Crippen LogP contribution in [0.5, 0.6) is 5.75 Å². The lowest BCUT2D eigenvalue weighted by Gasteiger charge is -2.36. The van der Waals surface area contributed by atoms with E-state index < -0.39 is 0 Å². The lowest BCUT2D eigenvalue weighted by atomic mass is 9.76. The first kappa shape index (κ1) is 26.8. The fourth-order valence-electron chi connectivity index (χ4n) is 4.26. The van der Waals surface area contributed by atoms with Crippen molar-refractivity contribution < 1.29 is 9.13 Å². The smallest absolute Gasteiger partial charge is 0.130 e. The molecule has 2 aromatic rings. The van der Waals surface area contributed by atoms with Crippen molar-refractivity contribution in [2.45, 2.75) is 104 Å². The van der Waals surface area contributed by atoms with Crippen molar-refractivity contribution in [1.29, 1.82) is 0 Å². The molecule has 0 N–H and O–H groups in total. The lowest BCUT2D eigenvalue weighted by Crippen LogP contribution is -2.26. The summed E-state index contributed by atoms with van der Waals surface area (Å²) >= 11 is 0. The van der Waals surface area contributed by atoms with Gasteiger partial charge in [-0.2, -0.15) is 0 Å². The average Bonchev–Trinajstić information content (AvgIpc) is 2.68. The number of methoxy groups -OCH3 is 1. The molecule has 0 amide bonds. The second kappa shape index (κ2) is 10.3. The van der Waals surface area contributed by atoms with E-state index >= 15 is 0 Å². The van der Waals surface area contributed by atoms with Crippen LogP contribution >= 0.6 is 8.58 Å². The molecule has 0 fully saturated rings. The standard InChI is InChI=1S/C29H44FOP/c1-11-12-13-16-29(9,32-25-15-14-20(2)17-24(25)30)23-19-21(27(3,4)5)18-22(26(23)31-10)28(6,7)8/h14-15,17-19,32H,11-13,16H2,1-10H3. The highest BCUT2D eigenvalue weighted by atomic mass is 31.1. The molecule has 0 aliphatic carbocycles. The molecule has 32 heavy (non-hydrogen) atoms. The summed E-state index contributed by atoms with van der Waals surface area (Å²) in [6.45, 7) is 20.0. The van der Waals surface area contributed by atoms with E-state index in [4.69, 9.17) is 4.74 Å². The molecule has 0 heterocycles. The molecule has 0 aliphatic heterocycles. The molecule has 0 saturated carbocycles. The predicted molar refractivity (Wildman–Crippen MR) is 141 cm³/mol. The first-order chi connectivity index (χ1) is 14.7. The quantitative estimate of drug-likeness (QED) is 0.284. The highest BCUT2D eigenvalue weighted by Crippen LogP contribution is 2.52. The Bertz CT molecular complexity index is 920. The van der Waals surface area contributed by atoms with E-state index in [1.54, 1.807) is 13.2 Å². The van der Waals surface area contributed by atoms with Gasteiger partial charge in [0.05, 0.1) is 7.11 Å². The zero-order valence-corrected chi connectivity index (χ0v) is 23.0. The maximum atomic E-state index is 15.0. The molecule has 1 nitrogen and oxygen atoms in total. The number of unbranched alkanes of at least 4 members (excludes halogenated alkanes) is 2. The molecule has 0 spiro atoms. The van der Waals surface area contributed by atoms with Crippen LogP contribution in [0.25, 0.3) is 0 Å². The zero-order valence-electron chi connectivity index (χ0n) is 22.0. The molecular weight excluding hydrogens is 414 g/mol. The molecule has 178 valence electrons. The second-order valence-corrected chi connectivity index (χ2v) is 13.4. The Balaban J connectivity index is 2.77. The number of ether oxygens (including phenoxy) is 1. The van der Waals surface area contributed by atoms with Gasteiger partial charge in [-0.1, -0.05) is 107 Å². The Morgan fingerprint density at radius 2 is 1.50 bits per heavy atom. The van der Waals surface area contributed by atoms with Gasteiger partial charge in [0, 0.05) is 21.6 Å². The number of benzene rings is 2. The van der Waals surface area contributed by atoms with Crippen LogP contribution < -0.4 is 10.0 Å². The van der Waals surface area contributed by atoms with Gasteiger partial charge >= 0.3 is 0 Å². The van der Waals surface area contributed by atoms with Gasteiger partial charge in [-0.05, 0) is 41.4 Å². The Labute approximate surface area is 198 Å². The molecule has 2 atom stereocenters. The summed E-state index contributed by atoms with van der Waals surface area (Å²) in [4.78, 5) is 0. The van der Waals surface area contributed by atoms with Gasteiger partial charge in [0.25, 0.3) is 0 Å². The summed E-state index contributed by atoms with van der Waals surface area (Å²) in [5.74, 6) is 0.886. The Morgan fingerprint density at radius 3 is 2.00 bits per heavy atom. The molecule has 0 saturated heterocycles. The Morgan fingerprint density at radius 1 is 0.875 bits per heavy atom. The molecular formula is C29H44FOP. The van der Waals surface area contributed by atoms with Gasteiger partial charge in [0.1, 0.15) is 11.6 Å². The lowest BCUT2D eigenvalue weighted by molar-refractivity contribution is 0.383. The summed E-state index contributed by atoms with van der Waals surface area (Å²) in [7, 11) is 2.12. The van der Waals surface area contributed by atoms with Gasteiger partial charge < -0.3 is 4.74 Å². The summed E-state index contributed by atoms with van der Waals surface area (Å²) in [5.41, 5.74) is 4.71. The molecule has 2 aromatic carbocycles. The first-order valence-corrected chi connectivity index (χ1v) is 13.0. The van der Waals surface area contributed by atoms with Crippen LogP contribution in [0.1, 0.15) is 103 Å². The van der Waals surface area contributed by atoms with Crippen LogP contribution in [0.15, 0.2) is 30.3 Å². The first-order valence-electron chi connectivity index (χ1n) is 12.0. The largest absolute Gasteiger partial charge is 0.496 e. The van der Waals surface area contributed by atoms with Gasteiger partial charge in [-0.25, -0.2) is 4.39 Å². The molecule has 2 rings (SSSR count).